The van der Waals surface area contributed by atoms with Gasteiger partial charge in [-0.1, -0.05) is 11.3 Å². The number of aromatic carboxylic acids is 1. The van der Waals surface area contributed by atoms with Crippen molar-refractivity contribution in [2.45, 2.75) is 13.3 Å². The van der Waals surface area contributed by atoms with Gasteiger partial charge in [-0.25, -0.2) is 9.78 Å². The molecule has 1 aliphatic rings. The maximum absolute atomic E-state index is 11.4. The van der Waals surface area contributed by atoms with Gasteiger partial charge in [-0.15, -0.1) is 0 Å². The fourth-order valence-corrected chi connectivity index (χ4v) is 3.66. The molecule has 98 valence electrons. The Hall–Kier alpha value is -1.08. The number of thioether (sulfide) groups is 1. The van der Waals surface area contributed by atoms with E-state index in [9.17, 15) is 9.59 Å². The van der Waals surface area contributed by atoms with Crippen LogP contribution in [0.5, 0.6) is 0 Å². The largest absolute Gasteiger partial charge is 0.476 e. The third-order valence-electron chi connectivity index (χ3n) is 2.63. The minimum Gasteiger partial charge on any atom is -0.476 e. The van der Waals surface area contributed by atoms with Crippen LogP contribution in [-0.2, 0) is 0 Å². The van der Waals surface area contributed by atoms with E-state index in [2.05, 4.69) is 9.88 Å². The Bertz CT molecular complexity index is 433. The normalized spacial score (nSPS) is 16.4. The van der Waals surface area contributed by atoms with Crippen LogP contribution < -0.4 is 4.90 Å². The fourth-order valence-electron chi connectivity index (χ4n) is 1.77. The standard InChI is InChI=1S/C11H14N2O3S2/c1-7(14)9-8(10(15)16)12-11(18-9)13-3-2-5-17-6-4-13/h2-6H2,1H3,(H,15,16). The van der Waals surface area contributed by atoms with E-state index in [4.69, 9.17) is 5.11 Å². The number of thiazole rings is 1. The first-order chi connectivity index (χ1) is 8.59. The molecule has 0 radical (unpaired) electrons. The SMILES string of the molecule is CC(=O)c1sc(N2CCCSCC2)nc1C(=O)O. The summed E-state index contributed by atoms with van der Waals surface area (Å²) in [5.41, 5.74) is -0.112. The molecule has 1 aliphatic heterocycles. The summed E-state index contributed by atoms with van der Waals surface area (Å²) in [7, 11) is 0. The van der Waals surface area contributed by atoms with Crippen molar-refractivity contribution in [2.24, 2.45) is 0 Å². The van der Waals surface area contributed by atoms with Gasteiger partial charge in [0.15, 0.2) is 16.6 Å². The Morgan fingerprint density at radius 1 is 1.33 bits per heavy atom. The number of carboxylic acid groups (broad SMARTS) is 1. The highest BCUT2D eigenvalue weighted by Crippen LogP contribution is 2.28. The number of aromatic nitrogens is 1. The summed E-state index contributed by atoms with van der Waals surface area (Å²) >= 11 is 3.08. The molecule has 18 heavy (non-hydrogen) atoms. The van der Waals surface area contributed by atoms with Crippen molar-refractivity contribution in [3.8, 4) is 0 Å². The highest BCUT2D eigenvalue weighted by Gasteiger charge is 2.23. The van der Waals surface area contributed by atoms with Crippen LogP contribution in [0, 0.1) is 0 Å². The summed E-state index contributed by atoms with van der Waals surface area (Å²) in [6, 6.07) is 0. The smallest absolute Gasteiger partial charge is 0.356 e. The number of carbonyl (C=O) groups excluding carboxylic acids is 1. The number of anilines is 1. The van der Waals surface area contributed by atoms with Crippen LogP contribution in [0.25, 0.3) is 0 Å². The number of carboxylic acids is 1. The van der Waals surface area contributed by atoms with E-state index in [0.29, 0.717) is 5.13 Å². The van der Waals surface area contributed by atoms with Crippen molar-refractivity contribution < 1.29 is 14.7 Å². The average molecular weight is 286 g/mol. The zero-order chi connectivity index (χ0) is 13.1. The molecule has 0 saturated carbocycles. The Morgan fingerprint density at radius 3 is 2.72 bits per heavy atom. The van der Waals surface area contributed by atoms with Gasteiger partial charge in [-0.05, 0) is 12.2 Å². The van der Waals surface area contributed by atoms with E-state index in [1.165, 1.54) is 18.3 Å². The van der Waals surface area contributed by atoms with Crippen LogP contribution in [0.15, 0.2) is 0 Å². The highest BCUT2D eigenvalue weighted by atomic mass is 32.2. The summed E-state index contributed by atoms with van der Waals surface area (Å²) < 4.78 is 0. The fraction of sp³-hybridized carbons (Fsp3) is 0.545. The van der Waals surface area contributed by atoms with Gasteiger partial charge in [0.05, 0.1) is 0 Å². The van der Waals surface area contributed by atoms with Gasteiger partial charge in [-0.3, -0.25) is 4.79 Å². The zero-order valence-corrected chi connectivity index (χ0v) is 11.6. The van der Waals surface area contributed by atoms with Crippen molar-refractivity contribution in [3.05, 3.63) is 10.6 Å². The number of nitrogens with zero attached hydrogens (tertiary/aromatic N) is 2. The zero-order valence-electron chi connectivity index (χ0n) is 10.0. The van der Waals surface area contributed by atoms with Crippen molar-refractivity contribution in [2.75, 3.05) is 29.5 Å². The number of Topliss-reactive ketones (excluding diaryl/α,β-unsaturated/α-hetero) is 1. The second-order valence-corrected chi connectivity index (χ2v) is 6.19. The van der Waals surface area contributed by atoms with Gasteiger partial charge in [0.2, 0.25) is 0 Å². The van der Waals surface area contributed by atoms with E-state index in [0.717, 1.165) is 31.0 Å². The summed E-state index contributed by atoms with van der Waals surface area (Å²) in [5, 5.41) is 9.70. The van der Waals surface area contributed by atoms with Crippen molar-refractivity contribution in [1.82, 2.24) is 4.98 Å². The van der Waals surface area contributed by atoms with E-state index >= 15 is 0 Å². The summed E-state index contributed by atoms with van der Waals surface area (Å²) in [6.07, 6.45) is 1.06. The molecular weight excluding hydrogens is 272 g/mol. The summed E-state index contributed by atoms with van der Waals surface area (Å²) in [5.74, 6) is 0.761. The lowest BCUT2D eigenvalue weighted by Crippen LogP contribution is -2.25. The second-order valence-electron chi connectivity index (χ2n) is 3.99. The lowest BCUT2D eigenvalue weighted by atomic mass is 10.3. The van der Waals surface area contributed by atoms with E-state index in [1.54, 1.807) is 0 Å². The average Bonchev–Trinajstić information content (AvgIpc) is 2.59. The molecule has 5 nitrogen and oxygen atoms in total. The Morgan fingerprint density at radius 2 is 2.11 bits per heavy atom. The lowest BCUT2D eigenvalue weighted by Gasteiger charge is -2.18. The van der Waals surface area contributed by atoms with Gasteiger partial charge < -0.3 is 10.0 Å². The minimum atomic E-state index is -1.13. The maximum Gasteiger partial charge on any atom is 0.356 e. The van der Waals surface area contributed by atoms with Gasteiger partial charge in [-0.2, -0.15) is 11.8 Å². The predicted octanol–water partition coefficient (Wildman–Crippen LogP) is 1.99. The van der Waals surface area contributed by atoms with Gasteiger partial charge in [0.25, 0.3) is 0 Å². The van der Waals surface area contributed by atoms with Crippen LogP contribution in [-0.4, -0.2) is 46.4 Å². The van der Waals surface area contributed by atoms with Crippen LogP contribution in [0.2, 0.25) is 0 Å². The van der Waals surface area contributed by atoms with E-state index < -0.39 is 5.97 Å². The molecule has 0 aliphatic carbocycles. The van der Waals surface area contributed by atoms with Crippen molar-refractivity contribution >= 4 is 40.0 Å². The molecule has 1 aromatic rings. The summed E-state index contributed by atoms with van der Waals surface area (Å²) in [4.78, 5) is 28.9. The molecule has 0 unspecified atom stereocenters. The number of ketones is 1. The third kappa shape index (κ3) is 2.84. The van der Waals surface area contributed by atoms with Crippen LogP contribution >= 0.6 is 23.1 Å². The molecule has 0 atom stereocenters. The molecule has 0 amide bonds. The number of hydrogen-bond donors (Lipinski definition) is 1. The number of hydrogen-bond acceptors (Lipinski definition) is 6. The first kappa shape index (κ1) is 13.4. The molecule has 2 heterocycles. The third-order valence-corrected chi connectivity index (χ3v) is 4.90. The molecule has 0 spiro atoms. The van der Waals surface area contributed by atoms with Crippen LogP contribution in [0.4, 0.5) is 5.13 Å². The Balaban J connectivity index is 2.30. The number of rotatable bonds is 3. The van der Waals surface area contributed by atoms with E-state index in [-0.39, 0.29) is 16.4 Å². The minimum absolute atomic E-state index is 0.112. The first-order valence-corrected chi connectivity index (χ1v) is 7.64. The molecule has 0 aromatic carbocycles. The maximum atomic E-state index is 11.4. The molecule has 2 rings (SSSR count). The van der Waals surface area contributed by atoms with Crippen LogP contribution in [0.1, 0.15) is 33.5 Å². The summed E-state index contributed by atoms with van der Waals surface area (Å²) in [6.45, 7) is 3.10. The second kappa shape index (κ2) is 5.71. The quantitative estimate of drug-likeness (QED) is 0.857. The predicted molar refractivity (Wildman–Crippen MR) is 73.2 cm³/mol. The first-order valence-electron chi connectivity index (χ1n) is 5.67. The monoisotopic (exact) mass is 286 g/mol. The molecule has 0 bridgehead atoms. The Kier molecular flexibility index (Phi) is 4.23. The van der Waals surface area contributed by atoms with Gasteiger partial charge >= 0.3 is 5.97 Å². The van der Waals surface area contributed by atoms with Gasteiger partial charge in [0.1, 0.15) is 4.88 Å². The van der Waals surface area contributed by atoms with Crippen molar-refractivity contribution in [3.63, 3.8) is 0 Å². The lowest BCUT2D eigenvalue weighted by molar-refractivity contribution is 0.0687. The van der Waals surface area contributed by atoms with Crippen LogP contribution in [0.3, 0.4) is 0 Å². The number of carbonyl (C=O) groups is 2. The highest BCUT2D eigenvalue weighted by molar-refractivity contribution is 7.99. The van der Waals surface area contributed by atoms with Gasteiger partial charge in [0, 0.05) is 25.8 Å². The topological polar surface area (TPSA) is 70.5 Å². The Labute approximate surface area is 113 Å². The van der Waals surface area contributed by atoms with Crippen molar-refractivity contribution in [1.29, 1.82) is 0 Å². The molecule has 1 N–H and O–H groups in total. The molecule has 1 saturated heterocycles. The molecule has 1 fully saturated rings. The molecule has 1 aromatic heterocycles. The van der Waals surface area contributed by atoms with E-state index in [1.807, 2.05) is 11.8 Å². The molecule has 7 heteroatoms. The molecular formula is C11H14N2O3S2.